The Morgan fingerprint density at radius 1 is 1.07 bits per heavy atom. The van der Waals surface area contributed by atoms with E-state index < -0.39 is 0 Å². The van der Waals surface area contributed by atoms with E-state index in [1.165, 1.54) is 5.56 Å². The fourth-order valence-electron chi connectivity index (χ4n) is 3.93. The number of nitrogens with zero attached hydrogens (tertiary/aromatic N) is 1. The van der Waals surface area contributed by atoms with E-state index >= 15 is 0 Å². The van der Waals surface area contributed by atoms with Crippen molar-refractivity contribution in [3.05, 3.63) is 59.9 Å². The van der Waals surface area contributed by atoms with Gasteiger partial charge in [-0.25, -0.2) is 0 Å². The van der Waals surface area contributed by atoms with Crippen molar-refractivity contribution in [3.8, 4) is 11.5 Å². The topological polar surface area (TPSA) is 51.9 Å². The number of para-hydroxylation sites is 1. The lowest BCUT2D eigenvalue weighted by Gasteiger charge is -2.24. The van der Waals surface area contributed by atoms with Crippen LogP contribution in [0.25, 0.3) is 11.0 Å². The van der Waals surface area contributed by atoms with Crippen LogP contribution < -0.4 is 9.47 Å². The summed E-state index contributed by atoms with van der Waals surface area (Å²) in [5.41, 5.74) is 1.86. The minimum absolute atomic E-state index is 0.0568. The van der Waals surface area contributed by atoms with Gasteiger partial charge in [-0.05, 0) is 42.7 Å². The van der Waals surface area contributed by atoms with Crippen LogP contribution in [0, 0.1) is 0 Å². The summed E-state index contributed by atoms with van der Waals surface area (Å²) >= 11 is 0. The number of benzene rings is 2. The van der Waals surface area contributed by atoms with Gasteiger partial charge in [0.25, 0.3) is 5.91 Å². The highest BCUT2D eigenvalue weighted by Gasteiger charge is 2.26. The van der Waals surface area contributed by atoms with Gasteiger partial charge in [0.2, 0.25) is 0 Å². The maximum absolute atomic E-state index is 13.2. The number of fused-ring (bicyclic) bond motifs is 1. The molecule has 0 saturated carbocycles. The van der Waals surface area contributed by atoms with Crippen molar-refractivity contribution in [1.82, 2.24) is 4.90 Å². The molecular weight excluding hydrogens is 354 g/mol. The molecule has 1 saturated heterocycles. The third-order valence-corrected chi connectivity index (χ3v) is 5.48. The zero-order valence-electron chi connectivity index (χ0n) is 16.3. The summed E-state index contributed by atoms with van der Waals surface area (Å²) < 4.78 is 16.5. The smallest absolute Gasteiger partial charge is 0.289 e. The minimum Gasteiger partial charge on any atom is -0.497 e. The molecule has 1 aromatic heterocycles. The van der Waals surface area contributed by atoms with Crippen molar-refractivity contribution >= 4 is 16.9 Å². The summed E-state index contributed by atoms with van der Waals surface area (Å²) in [6.07, 6.45) is 3.18. The summed E-state index contributed by atoms with van der Waals surface area (Å²) in [5.74, 6) is 2.12. The number of rotatable bonds is 4. The lowest BCUT2D eigenvalue weighted by atomic mass is 9.94. The minimum atomic E-state index is -0.0568. The molecule has 0 radical (unpaired) electrons. The summed E-state index contributed by atoms with van der Waals surface area (Å²) in [6.45, 7) is 1.44. The van der Waals surface area contributed by atoms with Crippen molar-refractivity contribution in [2.24, 2.45) is 0 Å². The lowest BCUT2D eigenvalue weighted by molar-refractivity contribution is 0.0724. The average Bonchev–Trinajstić information content (AvgIpc) is 3.03. The highest BCUT2D eigenvalue weighted by atomic mass is 16.5. The summed E-state index contributed by atoms with van der Waals surface area (Å²) in [6, 6.07) is 15.7. The van der Waals surface area contributed by atoms with Gasteiger partial charge in [0.15, 0.2) is 17.1 Å². The van der Waals surface area contributed by atoms with Crippen LogP contribution in [0.15, 0.2) is 52.9 Å². The maximum Gasteiger partial charge on any atom is 0.289 e. The van der Waals surface area contributed by atoms with Crippen LogP contribution in [0.2, 0.25) is 0 Å². The molecule has 2 aromatic carbocycles. The van der Waals surface area contributed by atoms with Gasteiger partial charge in [-0.3, -0.25) is 4.79 Å². The quantitative estimate of drug-likeness (QED) is 0.650. The Labute approximate surface area is 164 Å². The van der Waals surface area contributed by atoms with Crippen LogP contribution in [0.1, 0.15) is 41.3 Å². The van der Waals surface area contributed by atoms with Gasteiger partial charge in [-0.15, -0.1) is 0 Å². The first-order valence-electron chi connectivity index (χ1n) is 9.69. The van der Waals surface area contributed by atoms with E-state index in [2.05, 4.69) is 12.1 Å². The number of methoxy groups -OCH3 is 2. The number of furan rings is 1. The molecule has 0 N–H and O–H groups in total. The molecule has 5 nitrogen and oxygen atoms in total. The molecule has 2 heterocycles. The van der Waals surface area contributed by atoms with E-state index in [1.54, 1.807) is 14.2 Å². The van der Waals surface area contributed by atoms with Gasteiger partial charge in [0.1, 0.15) is 5.75 Å². The third-order valence-electron chi connectivity index (χ3n) is 5.48. The van der Waals surface area contributed by atoms with Crippen LogP contribution in [0.5, 0.6) is 11.5 Å². The molecule has 1 amide bonds. The Bertz CT molecular complexity index is 960. The fourth-order valence-corrected chi connectivity index (χ4v) is 3.93. The Morgan fingerprint density at radius 2 is 1.89 bits per heavy atom. The first kappa shape index (κ1) is 18.4. The molecule has 5 heteroatoms. The predicted molar refractivity (Wildman–Crippen MR) is 108 cm³/mol. The third kappa shape index (κ3) is 3.57. The number of ether oxygens (including phenoxy) is 2. The maximum atomic E-state index is 13.2. The Kier molecular flexibility index (Phi) is 5.24. The second-order valence-corrected chi connectivity index (χ2v) is 7.21. The van der Waals surface area contributed by atoms with E-state index in [1.807, 2.05) is 41.3 Å². The zero-order valence-corrected chi connectivity index (χ0v) is 16.3. The number of carbonyl (C=O) groups excluding carboxylic acids is 1. The summed E-state index contributed by atoms with van der Waals surface area (Å²) in [5, 5.41) is 0.879. The van der Waals surface area contributed by atoms with Gasteiger partial charge in [0.05, 0.1) is 14.2 Å². The predicted octanol–water partition coefficient (Wildman–Crippen LogP) is 4.86. The van der Waals surface area contributed by atoms with Gasteiger partial charge < -0.3 is 18.8 Å². The van der Waals surface area contributed by atoms with E-state index in [0.717, 1.165) is 36.9 Å². The molecule has 146 valence electrons. The highest BCUT2D eigenvalue weighted by Crippen LogP contribution is 2.31. The lowest BCUT2D eigenvalue weighted by Crippen LogP contribution is -2.33. The van der Waals surface area contributed by atoms with E-state index in [4.69, 9.17) is 13.9 Å². The number of hydrogen-bond acceptors (Lipinski definition) is 4. The van der Waals surface area contributed by atoms with Crippen LogP contribution in [0.4, 0.5) is 0 Å². The SMILES string of the molecule is COc1ccc([C@H]2CCCCN(C(=O)c3cc4cccc(OC)c4o3)C2)cc1. The van der Waals surface area contributed by atoms with Crippen LogP contribution >= 0.6 is 0 Å². The van der Waals surface area contributed by atoms with Gasteiger partial charge >= 0.3 is 0 Å². The molecule has 1 atom stereocenters. The van der Waals surface area contributed by atoms with Crippen molar-refractivity contribution in [3.63, 3.8) is 0 Å². The molecule has 1 aliphatic heterocycles. The van der Waals surface area contributed by atoms with Crippen LogP contribution in [-0.4, -0.2) is 38.1 Å². The standard InChI is InChI=1S/C23H25NO4/c1-26-19-11-9-16(10-12-19)18-6-3-4-13-24(15-18)23(25)21-14-17-7-5-8-20(27-2)22(17)28-21/h5,7-12,14,18H,3-4,6,13,15H2,1-2H3/t18-/m0/s1. The van der Waals surface area contributed by atoms with Crippen LogP contribution in [-0.2, 0) is 0 Å². The molecule has 0 bridgehead atoms. The molecule has 28 heavy (non-hydrogen) atoms. The molecule has 0 aliphatic carbocycles. The zero-order chi connectivity index (χ0) is 19.5. The molecule has 0 spiro atoms. The van der Waals surface area contributed by atoms with Gasteiger partial charge in [0, 0.05) is 24.4 Å². The van der Waals surface area contributed by atoms with E-state index in [9.17, 15) is 4.79 Å². The van der Waals surface area contributed by atoms with Crippen LogP contribution in [0.3, 0.4) is 0 Å². The highest BCUT2D eigenvalue weighted by molar-refractivity contribution is 5.97. The number of hydrogen-bond donors (Lipinski definition) is 0. The largest absolute Gasteiger partial charge is 0.497 e. The second-order valence-electron chi connectivity index (χ2n) is 7.21. The molecule has 0 unspecified atom stereocenters. The van der Waals surface area contributed by atoms with Crippen molar-refractivity contribution in [2.75, 3.05) is 27.3 Å². The molecular formula is C23H25NO4. The molecule has 1 fully saturated rings. The van der Waals surface area contributed by atoms with E-state index in [0.29, 0.717) is 29.6 Å². The number of amides is 1. The summed E-state index contributed by atoms with van der Waals surface area (Å²) in [7, 11) is 3.27. The van der Waals surface area contributed by atoms with Gasteiger partial charge in [-0.1, -0.05) is 30.7 Å². The second kappa shape index (κ2) is 7.97. The number of likely N-dealkylation sites (tertiary alicyclic amines) is 1. The van der Waals surface area contributed by atoms with Crippen molar-refractivity contribution in [2.45, 2.75) is 25.2 Å². The number of carbonyl (C=O) groups is 1. The van der Waals surface area contributed by atoms with Gasteiger partial charge in [-0.2, -0.15) is 0 Å². The van der Waals surface area contributed by atoms with E-state index in [-0.39, 0.29) is 5.91 Å². The first-order chi connectivity index (χ1) is 13.7. The van der Waals surface area contributed by atoms with Crippen molar-refractivity contribution < 1.29 is 18.7 Å². The molecule has 4 rings (SSSR count). The molecule has 3 aromatic rings. The Hall–Kier alpha value is -2.95. The monoisotopic (exact) mass is 379 g/mol. The first-order valence-corrected chi connectivity index (χ1v) is 9.69. The Morgan fingerprint density at radius 3 is 2.64 bits per heavy atom. The Balaban J connectivity index is 1.57. The summed E-state index contributed by atoms with van der Waals surface area (Å²) in [4.78, 5) is 15.1. The fraction of sp³-hybridized carbons (Fsp3) is 0.348. The van der Waals surface area contributed by atoms with Crippen molar-refractivity contribution in [1.29, 1.82) is 0 Å². The normalized spacial score (nSPS) is 17.4. The molecule has 1 aliphatic rings. The average molecular weight is 379 g/mol.